The summed E-state index contributed by atoms with van der Waals surface area (Å²) < 4.78 is 6.17. The van der Waals surface area contributed by atoms with Crippen LogP contribution in [-0.2, 0) is 4.74 Å². The molecule has 0 saturated carbocycles. The average Bonchev–Trinajstić information content (AvgIpc) is 3.41. The van der Waals surface area contributed by atoms with Gasteiger partial charge in [0.05, 0.1) is 33.4 Å². The van der Waals surface area contributed by atoms with Gasteiger partial charge in [-0.3, -0.25) is 0 Å². The van der Waals surface area contributed by atoms with E-state index in [1.54, 1.807) is 22.7 Å². The minimum atomic E-state index is 0.0615. The molecule has 6 heteroatoms. The lowest BCUT2D eigenvalue weighted by Crippen LogP contribution is -2.33. The first-order valence-corrected chi connectivity index (χ1v) is 11.5. The van der Waals surface area contributed by atoms with Crippen LogP contribution >= 0.6 is 22.7 Å². The lowest BCUT2D eigenvalue weighted by molar-refractivity contribution is 0.00571. The Balaban J connectivity index is 1.59. The highest BCUT2D eigenvalue weighted by Gasteiger charge is 2.17. The van der Waals surface area contributed by atoms with E-state index in [0.29, 0.717) is 6.10 Å². The number of hydrogen-bond donors (Lipinski definition) is 1. The van der Waals surface area contributed by atoms with Crippen LogP contribution in [0.25, 0.3) is 27.2 Å². The van der Waals surface area contributed by atoms with Gasteiger partial charge in [-0.05, 0) is 68.7 Å². The van der Waals surface area contributed by atoms with Gasteiger partial charge in [0, 0.05) is 0 Å². The minimum Gasteiger partial charge on any atom is -0.371 e. The number of aromatic nitrogens is 2. The molecule has 1 saturated heterocycles. The van der Waals surface area contributed by atoms with Gasteiger partial charge in [0.1, 0.15) is 11.4 Å². The zero-order valence-electron chi connectivity index (χ0n) is 16.2. The molecule has 0 amide bonds. The van der Waals surface area contributed by atoms with Crippen LogP contribution < -0.4 is 5.32 Å². The van der Waals surface area contributed by atoms with Crippen molar-refractivity contribution in [2.45, 2.75) is 38.9 Å². The second-order valence-corrected chi connectivity index (χ2v) is 8.89. The summed E-state index contributed by atoms with van der Waals surface area (Å²) in [6.07, 6.45) is 6.72. The Morgan fingerprint density at radius 1 is 1.07 bits per heavy atom. The van der Waals surface area contributed by atoms with Crippen molar-refractivity contribution in [1.82, 2.24) is 15.3 Å². The summed E-state index contributed by atoms with van der Waals surface area (Å²) in [7, 11) is 0. The van der Waals surface area contributed by atoms with Gasteiger partial charge in [-0.25, -0.2) is 9.97 Å². The van der Waals surface area contributed by atoms with E-state index < -0.39 is 0 Å². The van der Waals surface area contributed by atoms with Crippen molar-refractivity contribution in [1.29, 1.82) is 0 Å². The summed E-state index contributed by atoms with van der Waals surface area (Å²) >= 11 is 3.40. The molecule has 1 atom stereocenters. The summed E-state index contributed by atoms with van der Waals surface area (Å²) in [4.78, 5) is 12.2. The predicted molar refractivity (Wildman–Crippen MR) is 119 cm³/mol. The zero-order chi connectivity index (χ0) is 19.3. The monoisotopic (exact) mass is 411 g/mol. The Labute approximate surface area is 174 Å². The minimum absolute atomic E-state index is 0.0615. The molecule has 0 bridgehead atoms. The lowest BCUT2D eigenvalue weighted by atomic mass is 10.1. The standard InChI is InChI=1S/C22H25N3OS2/c1-15(26-17-9-11-23-12-10-17)7-8-18-16(2)24-21(19-5-3-13-27-19)22(25-18)20-6-4-14-28-20/h3-8,13-15,17,23H,9-12H2,1-2H3/b8-7-. The largest absolute Gasteiger partial charge is 0.371 e. The van der Waals surface area contributed by atoms with Crippen molar-refractivity contribution >= 4 is 28.7 Å². The Hall–Kier alpha value is -1.86. The van der Waals surface area contributed by atoms with E-state index in [-0.39, 0.29) is 6.10 Å². The SMILES string of the molecule is Cc1nc(-c2cccs2)c(-c2cccs2)nc1/C=C\C(C)OC1CCNCC1. The van der Waals surface area contributed by atoms with Gasteiger partial charge in [-0.1, -0.05) is 18.2 Å². The third kappa shape index (κ3) is 4.58. The summed E-state index contributed by atoms with van der Waals surface area (Å²) in [6.45, 7) is 6.21. The average molecular weight is 412 g/mol. The predicted octanol–water partition coefficient (Wildman–Crippen LogP) is 5.41. The van der Waals surface area contributed by atoms with Crippen molar-refractivity contribution in [3.05, 3.63) is 52.5 Å². The van der Waals surface area contributed by atoms with Crippen molar-refractivity contribution in [2.75, 3.05) is 13.1 Å². The zero-order valence-corrected chi connectivity index (χ0v) is 17.9. The number of nitrogens with zero attached hydrogens (tertiary/aromatic N) is 2. The van der Waals surface area contributed by atoms with E-state index in [1.807, 2.05) is 6.92 Å². The third-order valence-electron chi connectivity index (χ3n) is 4.83. The van der Waals surface area contributed by atoms with E-state index in [2.05, 4.69) is 59.4 Å². The number of nitrogens with one attached hydrogen (secondary N) is 1. The molecule has 1 N–H and O–H groups in total. The molecule has 0 spiro atoms. The maximum atomic E-state index is 6.17. The van der Waals surface area contributed by atoms with Crippen LogP contribution in [0, 0.1) is 6.92 Å². The van der Waals surface area contributed by atoms with Crippen LogP contribution in [0.1, 0.15) is 31.2 Å². The molecule has 4 rings (SSSR count). The van der Waals surface area contributed by atoms with E-state index in [0.717, 1.165) is 58.5 Å². The number of piperidine rings is 1. The van der Waals surface area contributed by atoms with Gasteiger partial charge >= 0.3 is 0 Å². The Morgan fingerprint density at radius 3 is 2.32 bits per heavy atom. The maximum absolute atomic E-state index is 6.17. The summed E-state index contributed by atoms with van der Waals surface area (Å²) in [5, 5.41) is 7.54. The van der Waals surface area contributed by atoms with Gasteiger partial charge in [0.25, 0.3) is 0 Å². The Morgan fingerprint density at radius 2 is 1.71 bits per heavy atom. The first-order chi connectivity index (χ1) is 13.7. The van der Waals surface area contributed by atoms with Crippen molar-refractivity contribution in [3.63, 3.8) is 0 Å². The highest BCUT2D eigenvalue weighted by molar-refractivity contribution is 7.14. The smallest absolute Gasteiger partial charge is 0.108 e. The molecule has 146 valence electrons. The number of thiophene rings is 2. The third-order valence-corrected chi connectivity index (χ3v) is 6.59. The number of ether oxygens (including phenoxy) is 1. The topological polar surface area (TPSA) is 47.0 Å². The van der Waals surface area contributed by atoms with Crippen molar-refractivity contribution in [2.24, 2.45) is 0 Å². The lowest BCUT2D eigenvalue weighted by Gasteiger charge is -2.25. The highest BCUT2D eigenvalue weighted by atomic mass is 32.1. The molecule has 1 fully saturated rings. The van der Waals surface area contributed by atoms with Gasteiger partial charge in [0.15, 0.2) is 0 Å². The molecule has 4 heterocycles. The summed E-state index contributed by atoms with van der Waals surface area (Å²) in [5.74, 6) is 0. The molecular weight excluding hydrogens is 386 g/mol. The molecule has 0 aliphatic carbocycles. The fourth-order valence-corrected chi connectivity index (χ4v) is 4.80. The second kappa shape index (κ2) is 9.09. The molecule has 1 unspecified atom stereocenters. The highest BCUT2D eigenvalue weighted by Crippen LogP contribution is 2.35. The van der Waals surface area contributed by atoms with Crippen molar-refractivity contribution in [3.8, 4) is 21.1 Å². The van der Waals surface area contributed by atoms with E-state index in [9.17, 15) is 0 Å². The first-order valence-electron chi connectivity index (χ1n) is 9.71. The fraction of sp³-hybridized carbons (Fsp3) is 0.364. The molecule has 3 aromatic rings. The van der Waals surface area contributed by atoms with Crippen LogP contribution in [0.2, 0.25) is 0 Å². The van der Waals surface area contributed by atoms with Gasteiger partial charge in [-0.2, -0.15) is 0 Å². The van der Waals surface area contributed by atoms with Crippen LogP contribution in [0.5, 0.6) is 0 Å². The normalized spacial score (nSPS) is 16.6. The van der Waals surface area contributed by atoms with Gasteiger partial charge in [-0.15, -0.1) is 22.7 Å². The quantitative estimate of drug-likeness (QED) is 0.589. The van der Waals surface area contributed by atoms with E-state index >= 15 is 0 Å². The molecule has 3 aromatic heterocycles. The van der Waals surface area contributed by atoms with Gasteiger partial charge in [0.2, 0.25) is 0 Å². The second-order valence-electron chi connectivity index (χ2n) is 7.00. The molecule has 1 aliphatic rings. The van der Waals surface area contributed by atoms with Crippen LogP contribution in [0.3, 0.4) is 0 Å². The molecule has 0 radical (unpaired) electrons. The Bertz CT molecular complexity index is 914. The molecule has 0 aromatic carbocycles. The molecule has 1 aliphatic heterocycles. The summed E-state index contributed by atoms with van der Waals surface area (Å²) in [5.41, 5.74) is 3.76. The molecule has 4 nitrogen and oxygen atoms in total. The maximum Gasteiger partial charge on any atom is 0.108 e. The fourth-order valence-electron chi connectivity index (χ4n) is 3.37. The van der Waals surface area contributed by atoms with Gasteiger partial charge < -0.3 is 10.1 Å². The number of aryl methyl sites for hydroxylation is 1. The first kappa shape index (κ1) is 19.5. The van der Waals surface area contributed by atoms with E-state index in [4.69, 9.17) is 14.7 Å². The Kier molecular flexibility index (Phi) is 6.32. The van der Waals surface area contributed by atoms with Crippen molar-refractivity contribution < 1.29 is 4.74 Å². The molecular formula is C22H25N3OS2. The molecule has 28 heavy (non-hydrogen) atoms. The number of hydrogen-bond acceptors (Lipinski definition) is 6. The van der Waals surface area contributed by atoms with Crippen LogP contribution in [0.15, 0.2) is 41.1 Å². The van der Waals surface area contributed by atoms with Crippen LogP contribution in [0.4, 0.5) is 0 Å². The van der Waals surface area contributed by atoms with Crippen LogP contribution in [-0.4, -0.2) is 35.3 Å². The number of rotatable bonds is 6. The van der Waals surface area contributed by atoms with E-state index in [1.165, 1.54) is 0 Å². The summed E-state index contributed by atoms with van der Waals surface area (Å²) in [6, 6.07) is 8.33.